The van der Waals surface area contributed by atoms with E-state index in [0.717, 1.165) is 5.69 Å². The second kappa shape index (κ2) is 5.94. The van der Waals surface area contributed by atoms with Gasteiger partial charge in [-0.25, -0.2) is 4.79 Å². The maximum absolute atomic E-state index is 12.2. The molecule has 5 heteroatoms. The average Bonchev–Trinajstić information content (AvgIpc) is 2.33. The summed E-state index contributed by atoms with van der Waals surface area (Å²) >= 11 is 0. The highest BCUT2D eigenvalue weighted by Gasteiger charge is 2.32. The van der Waals surface area contributed by atoms with Crippen molar-refractivity contribution < 1.29 is 14.7 Å². The smallest absolute Gasteiger partial charge is 0.326 e. The number of hydrogen-bond acceptors (Lipinski definition) is 3. The molecule has 0 saturated carbocycles. The standard InChI is InChI=1S/C15H22N2O3/c1-15(2,3)12(14(19)20)16-13(18)10-7-6-8-11(9-10)17(4)5/h6-9,12H,1-5H3,(H,16,18)(H,19,20)/t12-/m1/s1. The fourth-order valence-corrected chi connectivity index (χ4v) is 1.79. The van der Waals surface area contributed by atoms with E-state index in [2.05, 4.69) is 5.32 Å². The fourth-order valence-electron chi connectivity index (χ4n) is 1.79. The van der Waals surface area contributed by atoms with Crippen LogP contribution in [0.3, 0.4) is 0 Å². The lowest BCUT2D eigenvalue weighted by Crippen LogP contribution is -2.49. The van der Waals surface area contributed by atoms with E-state index in [-0.39, 0.29) is 5.91 Å². The topological polar surface area (TPSA) is 69.6 Å². The van der Waals surface area contributed by atoms with E-state index in [9.17, 15) is 14.7 Å². The van der Waals surface area contributed by atoms with E-state index in [1.54, 1.807) is 39.0 Å². The predicted molar refractivity (Wildman–Crippen MR) is 79.1 cm³/mol. The summed E-state index contributed by atoms with van der Waals surface area (Å²) in [6, 6.07) is 6.13. The van der Waals surface area contributed by atoms with Crippen molar-refractivity contribution in [1.29, 1.82) is 0 Å². The molecule has 0 aliphatic carbocycles. The molecule has 2 N–H and O–H groups in total. The van der Waals surface area contributed by atoms with Crippen LogP contribution in [0.1, 0.15) is 31.1 Å². The molecule has 0 aromatic heterocycles. The summed E-state index contributed by atoms with van der Waals surface area (Å²) in [6.07, 6.45) is 0. The van der Waals surface area contributed by atoms with Gasteiger partial charge in [-0.2, -0.15) is 0 Å². The van der Waals surface area contributed by atoms with Gasteiger partial charge in [0.05, 0.1) is 0 Å². The van der Waals surface area contributed by atoms with Crippen molar-refractivity contribution in [2.24, 2.45) is 5.41 Å². The van der Waals surface area contributed by atoms with Gasteiger partial charge in [0.15, 0.2) is 0 Å². The summed E-state index contributed by atoms with van der Waals surface area (Å²) < 4.78 is 0. The monoisotopic (exact) mass is 278 g/mol. The van der Waals surface area contributed by atoms with E-state index < -0.39 is 17.4 Å². The zero-order valence-electron chi connectivity index (χ0n) is 12.6. The Morgan fingerprint density at radius 3 is 2.30 bits per heavy atom. The van der Waals surface area contributed by atoms with Gasteiger partial charge in [-0.05, 0) is 23.6 Å². The fraction of sp³-hybridized carbons (Fsp3) is 0.467. The number of nitrogens with one attached hydrogen (secondary N) is 1. The Morgan fingerprint density at radius 1 is 1.25 bits per heavy atom. The van der Waals surface area contributed by atoms with Crippen molar-refractivity contribution in [3.05, 3.63) is 29.8 Å². The average molecular weight is 278 g/mol. The molecule has 0 aliphatic rings. The quantitative estimate of drug-likeness (QED) is 0.883. The van der Waals surface area contributed by atoms with Crippen molar-refractivity contribution in [1.82, 2.24) is 5.32 Å². The second-order valence-electron chi connectivity index (χ2n) is 6.06. The maximum Gasteiger partial charge on any atom is 0.326 e. The molecule has 1 aromatic carbocycles. The molecular weight excluding hydrogens is 256 g/mol. The molecule has 1 rings (SSSR count). The van der Waals surface area contributed by atoms with Crippen LogP contribution in [0.4, 0.5) is 5.69 Å². The summed E-state index contributed by atoms with van der Waals surface area (Å²) in [7, 11) is 3.76. The molecule has 1 aromatic rings. The van der Waals surface area contributed by atoms with Crippen LogP contribution in [0.5, 0.6) is 0 Å². The van der Waals surface area contributed by atoms with Crippen LogP contribution in [0, 0.1) is 5.41 Å². The van der Waals surface area contributed by atoms with Gasteiger partial charge in [0, 0.05) is 25.3 Å². The molecule has 0 heterocycles. The van der Waals surface area contributed by atoms with Crippen LogP contribution in [0.25, 0.3) is 0 Å². The molecule has 20 heavy (non-hydrogen) atoms. The first-order valence-corrected chi connectivity index (χ1v) is 6.44. The molecular formula is C15H22N2O3. The van der Waals surface area contributed by atoms with Gasteiger partial charge in [0.25, 0.3) is 5.91 Å². The zero-order valence-corrected chi connectivity index (χ0v) is 12.6. The number of carboxylic acid groups (broad SMARTS) is 1. The van der Waals surface area contributed by atoms with Crippen LogP contribution in [0.2, 0.25) is 0 Å². The molecule has 1 atom stereocenters. The molecule has 0 fully saturated rings. The molecule has 0 saturated heterocycles. The normalized spacial score (nSPS) is 12.7. The Kier molecular flexibility index (Phi) is 4.76. The first-order valence-electron chi connectivity index (χ1n) is 6.44. The zero-order chi connectivity index (χ0) is 15.5. The summed E-state index contributed by atoms with van der Waals surface area (Å²) in [6.45, 7) is 5.34. The van der Waals surface area contributed by atoms with Crippen LogP contribution in [0.15, 0.2) is 24.3 Å². The third-order valence-corrected chi connectivity index (χ3v) is 3.01. The number of benzene rings is 1. The summed E-state index contributed by atoms with van der Waals surface area (Å²) in [5, 5.41) is 11.8. The van der Waals surface area contributed by atoms with Gasteiger partial charge in [0.2, 0.25) is 0 Å². The number of aliphatic carboxylic acids is 1. The number of amides is 1. The number of carbonyl (C=O) groups is 2. The molecule has 1 amide bonds. The second-order valence-corrected chi connectivity index (χ2v) is 6.06. The Morgan fingerprint density at radius 2 is 1.85 bits per heavy atom. The molecule has 0 bridgehead atoms. The van der Waals surface area contributed by atoms with E-state index in [0.29, 0.717) is 5.56 Å². The third kappa shape index (κ3) is 3.98. The highest BCUT2D eigenvalue weighted by molar-refractivity contribution is 5.97. The summed E-state index contributed by atoms with van der Waals surface area (Å²) in [4.78, 5) is 25.3. The summed E-state index contributed by atoms with van der Waals surface area (Å²) in [5.74, 6) is -1.41. The molecule has 0 spiro atoms. The van der Waals surface area contributed by atoms with Crippen molar-refractivity contribution in [3.8, 4) is 0 Å². The minimum absolute atomic E-state index is 0.379. The van der Waals surface area contributed by atoms with Gasteiger partial charge in [-0.3, -0.25) is 4.79 Å². The van der Waals surface area contributed by atoms with Crippen molar-refractivity contribution >= 4 is 17.6 Å². The lowest BCUT2D eigenvalue weighted by molar-refractivity contribution is -0.142. The largest absolute Gasteiger partial charge is 0.480 e. The SMILES string of the molecule is CN(C)c1cccc(C(=O)N[C@H](C(=O)O)C(C)(C)C)c1. The Bertz CT molecular complexity index is 504. The Balaban J connectivity index is 2.95. The lowest BCUT2D eigenvalue weighted by Gasteiger charge is -2.27. The minimum atomic E-state index is -1.03. The van der Waals surface area contributed by atoms with E-state index in [1.165, 1.54) is 0 Å². The van der Waals surface area contributed by atoms with E-state index >= 15 is 0 Å². The Hall–Kier alpha value is -2.04. The number of rotatable bonds is 4. The molecule has 0 aliphatic heterocycles. The maximum atomic E-state index is 12.2. The van der Waals surface area contributed by atoms with Crippen molar-refractivity contribution in [2.45, 2.75) is 26.8 Å². The first kappa shape index (κ1) is 16.0. The van der Waals surface area contributed by atoms with Crippen LogP contribution in [-0.2, 0) is 4.79 Å². The Labute approximate surface area is 119 Å². The highest BCUT2D eigenvalue weighted by Crippen LogP contribution is 2.20. The van der Waals surface area contributed by atoms with Gasteiger partial charge in [-0.15, -0.1) is 0 Å². The molecule has 5 nitrogen and oxygen atoms in total. The van der Waals surface area contributed by atoms with Gasteiger partial charge >= 0.3 is 5.97 Å². The lowest BCUT2D eigenvalue weighted by atomic mass is 9.86. The minimum Gasteiger partial charge on any atom is -0.480 e. The van der Waals surface area contributed by atoms with Gasteiger partial charge in [0.1, 0.15) is 6.04 Å². The third-order valence-electron chi connectivity index (χ3n) is 3.01. The van der Waals surface area contributed by atoms with E-state index in [4.69, 9.17) is 0 Å². The summed E-state index contributed by atoms with van der Waals surface area (Å²) in [5.41, 5.74) is 0.785. The highest BCUT2D eigenvalue weighted by atomic mass is 16.4. The van der Waals surface area contributed by atoms with E-state index in [1.807, 2.05) is 25.1 Å². The van der Waals surface area contributed by atoms with Gasteiger partial charge in [-0.1, -0.05) is 26.8 Å². The van der Waals surface area contributed by atoms with Gasteiger partial charge < -0.3 is 15.3 Å². The molecule has 110 valence electrons. The van der Waals surface area contributed by atoms with Crippen LogP contribution in [-0.4, -0.2) is 37.1 Å². The molecule has 0 unspecified atom stereocenters. The first-order chi connectivity index (χ1) is 9.12. The number of carboxylic acids is 1. The van der Waals surface area contributed by atoms with Crippen molar-refractivity contribution in [3.63, 3.8) is 0 Å². The molecule has 0 radical (unpaired) electrons. The van der Waals surface area contributed by atoms with Crippen LogP contribution >= 0.6 is 0 Å². The van der Waals surface area contributed by atoms with Crippen molar-refractivity contribution in [2.75, 3.05) is 19.0 Å². The number of carbonyl (C=O) groups excluding carboxylic acids is 1. The number of nitrogens with zero attached hydrogens (tertiary/aromatic N) is 1. The predicted octanol–water partition coefficient (Wildman–Crippen LogP) is 1.98. The van der Waals surface area contributed by atoms with Crippen LogP contribution < -0.4 is 10.2 Å². The number of hydrogen-bond donors (Lipinski definition) is 2. The number of anilines is 1.